The Morgan fingerprint density at radius 2 is 1.67 bits per heavy atom. The summed E-state index contributed by atoms with van der Waals surface area (Å²) in [6.07, 6.45) is 4.63. The predicted molar refractivity (Wildman–Crippen MR) is 111 cm³/mol. The summed E-state index contributed by atoms with van der Waals surface area (Å²) in [5.41, 5.74) is -0.612. The molecule has 0 aromatic heterocycles. The van der Waals surface area contributed by atoms with E-state index in [1.54, 1.807) is 6.08 Å². The van der Waals surface area contributed by atoms with E-state index in [9.17, 15) is 25.2 Å². The lowest BCUT2D eigenvalue weighted by molar-refractivity contribution is -0.242. The smallest absolute Gasteiger partial charge is 0.327 e. The molecule has 5 N–H and O–H groups in total. The Labute approximate surface area is 179 Å². The topological polar surface area (TPSA) is 118 Å². The SMILES string of the molecule is C[C@H](/C=C/C(=O)O)[C@H]1CC[C@H]2[C@@H]3[C@H](O)[C@H](O)[C@@H]4C[C@H](O)CC[C@]4(C)[C@H]3C[C@H](O)[C@]12C. The maximum Gasteiger partial charge on any atom is 0.327 e. The van der Waals surface area contributed by atoms with Gasteiger partial charge in [0.05, 0.1) is 24.4 Å². The van der Waals surface area contributed by atoms with Crippen LogP contribution in [0.1, 0.15) is 59.3 Å². The van der Waals surface area contributed by atoms with E-state index in [0.717, 1.165) is 19.3 Å². The van der Waals surface area contributed by atoms with E-state index < -0.39 is 35.8 Å². The largest absolute Gasteiger partial charge is 0.478 e. The lowest BCUT2D eigenvalue weighted by Crippen LogP contribution is -2.66. The second kappa shape index (κ2) is 7.58. The molecule has 30 heavy (non-hydrogen) atoms. The van der Waals surface area contributed by atoms with Gasteiger partial charge in [-0.15, -0.1) is 0 Å². The van der Waals surface area contributed by atoms with Crippen molar-refractivity contribution in [2.45, 2.75) is 83.7 Å². The molecule has 4 aliphatic carbocycles. The summed E-state index contributed by atoms with van der Waals surface area (Å²) < 4.78 is 0. The number of aliphatic carboxylic acids is 1. The minimum Gasteiger partial charge on any atom is -0.478 e. The first-order chi connectivity index (χ1) is 14.0. The van der Waals surface area contributed by atoms with Gasteiger partial charge in [-0.25, -0.2) is 4.79 Å². The van der Waals surface area contributed by atoms with Crippen LogP contribution in [-0.2, 0) is 4.79 Å². The first-order valence-electron chi connectivity index (χ1n) is 11.6. The van der Waals surface area contributed by atoms with E-state index in [1.165, 1.54) is 6.08 Å². The number of rotatable bonds is 3. The first kappa shape index (κ1) is 22.3. The molecule has 6 heteroatoms. The Kier molecular flexibility index (Phi) is 5.62. The number of carboxylic acid groups (broad SMARTS) is 1. The molecule has 4 aliphatic rings. The fourth-order valence-electron chi connectivity index (χ4n) is 8.47. The highest BCUT2D eigenvalue weighted by molar-refractivity contribution is 5.79. The van der Waals surface area contributed by atoms with E-state index in [1.807, 2.05) is 6.92 Å². The van der Waals surface area contributed by atoms with E-state index in [0.29, 0.717) is 19.3 Å². The summed E-state index contributed by atoms with van der Waals surface area (Å²) in [6.45, 7) is 6.32. The van der Waals surface area contributed by atoms with Crippen LogP contribution < -0.4 is 0 Å². The predicted octanol–water partition coefficient (Wildman–Crippen LogP) is 2.20. The number of hydrogen-bond acceptors (Lipinski definition) is 5. The fourth-order valence-corrected chi connectivity index (χ4v) is 8.47. The second-order valence-corrected chi connectivity index (χ2v) is 11.2. The van der Waals surface area contributed by atoms with Crippen LogP contribution in [0.5, 0.6) is 0 Å². The van der Waals surface area contributed by atoms with Crippen molar-refractivity contribution in [2.75, 3.05) is 0 Å². The zero-order valence-electron chi connectivity index (χ0n) is 18.3. The Bertz CT molecular complexity index is 708. The van der Waals surface area contributed by atoms with Crippen LogP contribution in [0.25, 0.3) is 0 Å². The molecule has 12 atom stereocenters. The molecule has 0 unspecified atom stereocenters. The summed E-state index contributed by atoms with van der Waals surface area (Å²) >= 11 is 0. The van der Waals surface area contributed by atoms with Crippen LogP contribution in [-0.4, -0.2) is 55.9 Å². The highest BCUT2D eigenvalue weighted by Crippen LogP contribution is 2.68. The standard InChI is InChI=1S/C24H38O6/c1-12(4-7-19(27)28)14-5-6-15-20-16(11-18(26)24(14,15)3)23(2)9-8-13(25)10-17(23)21(29)22(20)30/h4,7,12-18,20-22,25-26,29-30H,5-6,8-11H2,1-3H3,(H,27,28)/b7-4+/t12-,13-,14-,15+,16+,17+,18+,20+,21-,22+,23-,24-/m1/s1. The molecule has 4 rings (SSSR count). The van der Waals surface area contributed by atoms with Crippen molar-refractivity contribution in [3.05, 3.63) is 12.2 Å². The number of hydrogen-bond donors (Lipinski definition) is 5. The van der Waals surface area contributed by atoms with Gasteiger partial charge in [0.25, 0.3) is 0 Å². The van der Waals surface area contributed by atoms with Crippen molar-refractivity contribution in [2.24, 2.45) is 46.3 Å². The van der Waals surface area contributed by atoms with E-state index >= 15 is 0 Å². The Morgan fingerprint density at radius 1 is 0.967 bits per heavy atom. The Balaban J connectivity index is 1.68. The number of allylic oxidation sites excluding steroid dienone is 1. The number of aliphatic hydroxyl groups is 4. The summed E-state index contributed by atoms with van der Waals surface area (Å²) in [4.78, 5) is 11.0. The molecule has 0 spiro atoms. The number of aliphatic hydroxyl groups excluding tert-OH is 4. The first-order valence-corrected chi connectivity index (χ1v) is 11.6. The van der Waals surface area contributed by atoms with Gasteiger partial charge in [-0.1, -0.05) is 26.8 Å². The molecule has 0 aromatic rings. The van der Waals surface area contributed by atoms with Crippen LogP contribution in [0.4, 0.5) is 0 Å². The van der Waals surface area contributed by atoms with Crippen molar-refractivity contribution in [3.63, 3.8) is 0 Å². The summed E-state index contributed by atoms with van der Waals surface area (Å²) in [5, 5.41) is 53.0. The minimum absolute atomic E-state index is 0.0149. The normalized spacial score (nSPS) is 54.3. The van der Waals surface area contributed by atoms with Gasteiger partial charge < -0.3 is 25.5 Å². The molecule has 0 saturated heterocycles. The average Bonchev–Trinajstić information content (AvgIpc) is 3.05. The zero-order chi connectivity index (χ0) is 22.0. The second-order valence-electron chi connectivity index (χ2n) is 11.2. The third kappa shape index (κ3) is 3.09. The lowest BCUT2D eigenvalue weighted by Gasteiger charge is -2.64. The average molecular weight is 423 g/mol. The molecule has 0 heterocycles. The molecular formula is C24H38O6. The summed E-state index contributed by atoms with van der Waals surface area (Å²) in [7, 11) is 0. The van der Waals surface area contributed by atoms with Crippen molar-refractivity contribution in [3.8, 4) is 0 Å². The maximum atomic E-state index is 11.4. The molecular weight excluding hydrogens is 384 g/mol. The van der Waals surface area contributed by atoms with Crippen molar-refractivity contribution >= 4 is 5.97 Å². The summed E-state index contributed by atoms with van der Waals surface area (Å²) in [5.74, 6) is -0.834. The molecule has 0 bridgehead atoms. The number of carboxylic acids is 1. The van der Waals surface area contributed by atoms with Gasteiger partial charge in [0.1, 0.15) is 0 Å². The van der Waals surface area contributed by atoms with Crippen LogP contribution in [0.15, 0.2) is 12.2 Å². The Morgan fingerprint density at radius 3 is 2.33 bits per heavy atom. The third-order valence-corrected chi connectivity index (χ3v) is 10.1. The van der Waals surface area contributed by atoms with Crippen LogP contribution in [0, 0.1) is 46.3 Å². The number of fused-ring (bicyclic) bond motifs is 5. The van der Waals surface area contributed by atoms with Gasteiger partial charge in [0.15, 0.2) is 0 Å². The minimum atomic E-state index is -0.963. The highest BCUT2D eigenvalue weighted by Gasteiger charge is 2.67. The van der Waals surface area contributed by atoms with Gasteiger partial charge in [0, 0.05) is 11.5 Å². The maximum absolute atomic E-state index is 11.4. The monoisotopic (exact) mass is 422 g/mol. The fraction of sp³-hybridized carbons (Fsp3) is 0.875. The van der Waals surface area contributed by atoms with Crippen molar-refractivity contribution in [1.29, 1.82) is 0 Å². The molecule has 170 valence electrons. The van der Waals surface area contributed by atoms with Crippen molar-refractivity contribution in [1.82, 2.24) is 0 Å². The molecule has 6 nitrogen and oxygen atoms in total. The van der Waals surface area contributed by atoms with Gasteiger partial charge in [0.2, 0.25) is 0 Å². The molecule has 0 aliphatic heterocycles. The van der Waals surface area contributed by atoms with E-state index in [-0.39, 0.29) is 40.9 Å². The molecule has 0 amide bonds. The van der Waals surface area contributed by atoms with Crippen LogP contribution in [0.2, 0.25) is 0 Å². The van der Waals surface area contributed by atoms with Gasteiger partial charge in [-0.3, -0.25) is 0 Å². The quantitative estimate of drug-likeness (QED) is 0.445. The number of carbonyl (C=O) groups is 1. The van der Waals surface area contributed by atoms with Gasteiger partial charge in [-0.2, -0.15) is 0 Å². The van der Waals surface area contributed by atoms with Crippen LogP contribution >= 0.6 is 0 Å². The van der Waals surface area contributed by atoms with E-state index in [4.69, 9.17) is 5.11 Å². The molecule has 4 saturated carbocycles. The van der Waals surface area contributed by atoms with E-state index in [2.05, 4.69) is 13.8 Å². The lowest BCUT2D eigenvalue weighted by atomic mass is 9.42. The Hall–Kier alpha value is -0.950. The van der Waals surface area contributed by atoms with Crippen molar-refractivity contribution < 1.29 is 30.3 Å². The molecule has 4 fully saturated rings. The summed E-state index contributed by atoms with van der Waals surface area (Å²) in [6, 6.07) is 0. The van der Waals surface area contributed by atoms with Crippen LogP contribution in [0.3, 0.4) is 0 Å². The zero-order valence-corrected chi connectivity index (χ0v) is 18.3. The van der Waals surface area contributed by atoms with Gasteiger partial charge in [-0.05, 0) is 79.4 Å². The third-order valence-electron chi connectivity index (χ3n) is 10.1. The molecule has 0 radical (unpaired) electrons. The molecule has 0 aromatic carbocycles. The van der Waals surface area contributed by atoms with Gasteiger partial charge >= 0.3 is 5.97 Å². The highest BCUT2D eigenvalue weighted by atomic mass is 16.4.